The molecule has 36 heavy (non-hydrogen) atoms. The van der Waals surface area contributed by atoms with E-state index in [1.807, 2.05) is 48.5 Å². The number of likely N-dealkylation sites (tertiary alicyclic amines) is 1. The molecular weight excluding hydrogens is 472 g/mol. The van der Waals surface area contributed by atoms with Crippen LogP contribution in [0.4, 0.5) is 0 Å². The minimum absolute atomic E-state index is 0.0575. The van der Waals surface area contributed by atoms with E-state index in [2.05, 4.69) is 30.9 Å². The smallest absolute Gasteiger partial charge is 0.243 e. The molecular formula is C29H36N2O4S. The molecule has 3 unspecified atom stereocenters. The van der Waals surface area contributed by atoms with Crippen molar-refractivity contribution in [2.45, 2.75) is 58.4 Å². The maximum atomic E-state index is 14.1. The number of hydrogen-bond donors (Lipinski definition) is 0. The Morgan fingerprint density at radius 3 is 2.33 bits per heavy atom. The molecule has 0 radical (unpaired) electrons. The quantitative estimate of drug-likeness (QED) is 0.589. The lowest BCUT2D eigenvalue weighted by Gasteiger charge is -2.37. The molecule has 2 aromatic carbocycles. The normalized spacial score (nSPS) is 34.2. The number of carbonyl (C=O) groups is 1. The van der Waals surface area contributed by atoms with E-state index in [9.17, 15) is 13.2 Å². The Hall–Kier alpha value is -2.22. The Kier molecular flexibility index (Phi) is 5.82. The monoisotopic (exact) mass is 508 g/mol. The molecule has 1 amide bonds. The fourth-order valence-electron chi connectivity index (χ4n) is 7.75. The highest BCUT2D eigenvalue weighted by Gasteiger charge is 2.72. The summed E-state index contributed by atoms with van der Waals surface area (Å²) in [5.41, 5.74) is 1.86. The van der Waals surface area contributed by atoms with E-state index in [-0.39, 0.29) is 34.6 Å². The van der Waals surface area contributed by atoms with E-state index in [1.165, 1.54) is 9.87 Å². The molecule has 7 heteroatoms. The number of hydrogen-bond acceptors (Lipinski definition) is 5. The van der Waals surface area contributed by atoms with Gasteiger partial charge in [0.1, 0.15) is 0 Å². The summed E-state index contributed by atoms with van der Waals surface area (Å²) in [6.45, 7) is 6.67. The number of rotatable bonds is 6. The number of carbonyl (C=O) groups excluding carboxylic acids is 1. The van der Waals surface area contributed by atoms with Gasteiger partial charge in [0.2, 0.25) is 15.9 Å². The minimum atomic E-state index is -3.66. The molecule has 0 aromatic heterocycles. The molecule has 4 aliphatic rings. The Morgan fingerprint density at radius 2 is 1.67 bits per heavy atom. The van der Waals surface area contributed by atoms with Crippen LogP contribution in [0.15, 0.2) is 60.7 Å². The number of amides is 1. The summed E-state index contributed by atoms with van der Waals surface area (Å²) in [4.78, 5) is 16.4. The van der Waals surface area contributed by atoms with Crippen molar-refractivity contribution in [1.29, 1.82) is 0 Å². The second-order valence-electron chi connectivity index (χ2n) is 11.9. The predicted molar refractivity (Wildman–Crippen MR) is 138 cm³/mol. The van der Waals surface area contributed by atoms with E-state index >= 15 is 0 Å². The first-order valence-electron chi connectivity index (χ1n) is 13.2. The summed E-state index contributed by atoms with van der Waals surface area (Å²) in [6, 6.07) is 19.9. The second kappa shape index (κ2) is 8.67. The van der Waals surface area contributed by atoms with Gasteiger partial charge in [0.25, 0.3) is 0 Å². The van der Waals surface area contributed by atoms with Gasteiger partial charge in [0, 0.05) is 25.0 Å². The van der Waals surface area contributed by atoms with Gasteiger partial charge in [-0.2, -0.15) is 0 Å². The van der Waals surface area contributed by atoms with Crippen LogP contribution in [-0.4, -0.2) is 54.5 Å². The van der Waals surface area contributed by atoms with Crippen LogP contribution in [0.1, 0.15) is 44.2 Å². The highest BCUT2D eigenvalue weighted by molar-refractivity contribution is 7.90. The molecule has 2 saturated carbocycles. The fraction of sp³-hybridized carbons (Fsp3) is 0.552. The summed E-state index contributed by atoms with van der Waals surface area (Å²) < 4.78 is 34.8. The minimum Gasteiger partial charge on any atom is -0.371 e. The lowest BCUT2D eigenvalue weighted by atomic mass is 9.69. The number of fused-ring (bicyclic) bond motifs is 1. The number of ether oxygens (including phenoxy) is 1. The van der Waals surface area contributed by atoms with Gasteiger partial charge in [-0.1, -0.05) is 74.5 Å². The first-order valence-corrected chi connectivity index (χ1v) is 14.8. The molecule has 192 valence electrons. The summed E-state index contributed by atoms with van der Waals surface area (Å²) in [5, 5.41) is 0. The molecule has 6 nitrogen and oxygen atoms in total. The van der Waals surface area contributed by atoms with Crippen LogP contribution in [0.2, 0.25) is 0 Å². The molecule has 6 rings (SSSR count). The molecule has 2 heterocycles. The van der Waals surface area contributed by atoms with Crippen molar-refractivity contribution < 1.29 is 17.9 Å². The second-order valence-corrected chi connectivity index (χ2v) is 13.7. The van der Waals surface area contributed by atoms with Crippen LogP contribution in [0, 0.1) is 22.7 Å². The largest absolute Gasteiger partial charge is 0.371 e. The molecule has 1 spiro atoms. The third-order valence-electron chi connectivity index (χ3n) is 9.84. The molecule has 2 aliphatic carbocycles. The van der Waals surface area contributed by atoms with E-state index in [1.54, 1.807) is 0 Å². The molecule has 2 saturated heterocycles. The Balaban J connectivity index is 1.27. The third-order valence-corrected chi connectivity index (χ3v) is 11.8. The van der Waals surface area contributed by atoms with Crippen molar-refractivity contribution in [3.63, 3.8) is 0 Å². The summed E-state index contributed by atoms with van der Waals surface area (Å²) >= 11 is 0. The van der Waals surface area contributed by atoms with Crippen LogP contribution in [0.3, 0.4) is 0 Å². The molecule has 2 aliphatic heterocycles. The van der Waals surface area contributed by atoms with Gasteiger partial charge in [0.05, 0.1) is 30.4 Å². The van der Waals surface area contributed by atoms with E-state index in [4.69, 9.17) is 4.74 Å². The van der Waals surface area contributed by atoms with Crippen LogP contribution in [0.25, 0.3) is 0 Å². The predicted octanol–water partition coefficient (Wildman–Crippen LogP) is 4.07. The van der Waals surface area contributed by atoms with E-state index in [0.717, 1.165) is 24.8 Å². The molecule has 5 atom stereocenters. The zero-order valence-electron chi connectivity index (χ0n) is 21.2. The highest BCUT2D eigenvalue weighted by atomic mass is 32.2. The Morgan fingerprint density at radius 1 is 1.00 bits per heavy atom. The SMILES string of the molecule is CC1(C)C2CCC13CS(=O)(=O)N(C(=O)[C@H]1CN(Cc4ccccc4)C[C@@H]1OCc1ccccc1)C3C2. The third kappa shape index (κ3) is 3.74. The molecule has 0 N–H and O–H groups in total. The van der Waals surface area contributed by atoms with E-state index in [0.29, 0.717) is 32.2 Å². The van der Waals surface area contributed by atoms with Crippen molar-refractivity contribution in [3.05, 3.63) is 71.8 Å². The molecule has 2 aromatic rings. The number of sulfonamides is 1. The number of nitrogens with zero attached hydrogens (tertiary/aromatic N) is 2. The zero-order chi connectivity index (χ0) is 25.1. The average Bonchev–Trinajstić information content (AvgIpc) is 3.50. The van der Waals surface area contributed by atoms with Crippen LogP contribution in [-0.2, 0) is 32.7 Å². The lowest BCUT2D eigenvalue weighted by Crippen LogP contribution is -2.48. The van der Waals surface area contributed by atoms with Crippen LogP contribution >= 0.6 is 0 Å². The van der Waals surface area contributed by atoms with Crippen molar-refractivity contribution in [3.8, 4) is 0 Å². The van der Waals surface area contributed by atoms with Gasteiger partial charge in [-0.3, -0.25) is 9.69 Å². The van der Waals surface area contributed by atoms with Gasteiger partial charge in [0.15, 0.2) is 0 Å². The number of benzene rings is 2. The van der Waals surface area contributed by atoms with Crippen molar-refractivity contribution >= 4 is 15.9 Å². The highest BCUT2D eigenvalue weighted by Crippen LogP contribution is 2.70. The zero-order valence-corrected chi connectivity index (χ0v) is 22.0. The Bertz CT molecular complexity index is 1230. The average molecular weight is 509 g/mol. The van der Waals surface area contributed by atoms with Crippen molar-refractivity contribution in [2.75, 3.05) is 18.8 Å². The standard InChI is InChI=1S/C29H36N2O4S/c1-28(2)23-13-14-29(28)20-36(33,34)31(26(29)15-23)27(32)24-17-30(16-21-9-5-3-6-10-21)18-25(24)35-19-22-11-7-4-8-12-22/h3-12,23-26H,13-20H2,1-2H3/t23?,24-,25-,26?,29?/m0/s1. The van der Waals surface area contributed by atoms with Gasteiger partial charge in [-0.15, -0.1) is 0 Å². The van der Waals surface area contributed by atoms with Crippen molar-refractivity contribution in [2.24, 2.45) is 22.7 Å². The van der Waals surface area contributed by atoms with Crippen molar-refractivity contribution in [1.82, 2.24) is 9.21 Å². The van der Waals surface area contributed by atoms with Crippen LogP contribution < -0.4 is 0 Å². The first-order chi connectivity index (χ1) is 17.2. The van der Waals surface area contributed by atoms with Gasteiger partial charge < -0.3 is 4.74 Å². The molecule has 2 bridgehead atoms. The maximum absolute atomic E-state index is 14.1. The maximum Gasteiger partial charge on any atom is 0.243 e. The van der Waals surface area contributed by atoms with Gasteiger partial charge in [-0.25, -0.2) is 12.7 Å². The summed E-state index contributed by atoms with van der Waals surface area (Å²) in [6.07, 6.45) is 2.42. The Labute approximate surface area is 214 Å². The lowest BCUT2D eigenvalue weighted by molar-refractivity contribution is -0.137. The topological polar surface area (TPSA) is 66.9 Å². The van der Waals surface area contributed by atoms with Crippen LogP contribution in [0.5, 0.6) is 0 Å². The summed E-state index contributed by atoms with van der Waals surface area (Å²) in [7, 11) is -3.66. The first kappa shape index (κ1) is 24.1. The van der Waals surface area contributed by atoms with E-state index < -0.39 is 15.9 Å². The van der Waals surface area contributed by atoms with Gasteiger partial charge >= 0.3 is 0 Å². The van der Waals surface area contributed by atoms with Gasteiger partial charge in [-0.05, 0) is 41.7 Å². The molecule has 4 fully saturated rings. The fourth-order valence-corrected chi connectivity index (χ4v) is 10.3. The summed E-state index contributed by atoms with van der Waals surface area (Å²) in [5.74, 6) is -0.161.